The molecule has 0 saturated carbocycles. The Labute approximate surface area is 91.4 Å². The SMILES string of the molecule is CNC(CCN(C)CCCOC)C(=O)O. The lowest BCUT2D eigenvalue weighted by Crippen LogP contribution is -2.37. The Hall–Kier alpha value is -0.650. The summed E-state index contributed by atoms with van der Waals surface area (Å²) in [5.41, 5.74) is 0. The van der Waals surface area contributed by atoms with Crippen molar-refractivity contribution in [2.45, 2.75) is 18.9 Å². The Balaban J connectivity index is 3.59. The second kappa shape index (κ2) is 8.64. The number of nitrogens with zero attached hydrogens (tertiary/aromatic N) is 1. The standard InChI is InChI=1S/C10H22N2O3/c1-11-9(10(13)14)5-7-12(2)6-4-8-15-3/h9,11H,4-8H2,1-3H3,(H,13,14). The first kappa shape index (κ1) is 14.3. The van der Waals surface area contributed by atoms with E-state index in [0.29, 0.717) is 6.42 Å². The van der Waals surface area contributed by atoms with Crippen molar-refractivity contribution in [1.29, 1.82) is 0 Å². The number of likely N-dealkylation sites (N-methyl/N-ethyl adjacent to an activating group) is 1. The first-order valence-electron chi connectivity index (χ1n) is 5.19. The van der Waals surface area contributed by atoms with E-state index in [4.69, 9.17) is 9.84 Å². The quantitative estimate of drug-likeness (QED) is 0.534. The molecule has 0 aliphatic rings. The van der Waals surface area contributed by atoms with Gasteiger partial charge in [0.05, 0.1) is 0 Å². The van der Waals surface area contributed by atoms with Gasteiger partial charge in [0.2, 0.25) is 0 Å². The van der Waals surface area contributed by atoms with E-state index in [1.165, 1.54) is 0 Å². The Morgan fingerprint density at radius 2 is 2.20 bits per heavy atom. The van der Waals surface area contributed by atoms with E-state index >= 15 is 0 Å². The zero-order chi connectivity index (χ0) is 11.7. The fraction of sp³-hybridized carbons (Fsp3) is 0.900. The molecule has 1 unspecified atom stereocenters. The highest BCUT2D eigenvalue weighted by atomic mass is 16.5. The molecular weight excluding hydrogens is 196 g/mol. The molecule has 0 aliphatic carbocycles. The number of hydrogen-bond donors (Lipinski definition) is 2. The van der Waals surface area contributed by atoms with Crippen molar-refractivity contribution in [3.8, 4) is 0 Å². The van der Waals surface area contributed by atoms with Crippen LogP contribution in [0, 0.1) is 0 Å². The topological polar surface area (TPSA) is 61.8 Å². The maximum absolute atomic E-state index is 10.7. The smallest absolute Gasteiger partial charge is 0.320 e. The number of aliphatic carboxylic acids is 1. The van der Waals surface area contributed by atoms with Crippen molar-refractivity contribution in [2.75, 3.05) is 40.9 Å². The minimum atomic E-state index is -0.789. The van der Waals surface area contributed by atoms with Crippen molar-refractivity contribution >= 4 is 5.97 Å². The molecular formula is C10H22N2O3. The van der Waals surface area contributed by atoms with Crippen LogP contribution in [0.15, 0.2) is 0 Å². The molecule has 2 N–H and O–H groups in total. The molecule has 0 aromatic heterocycles. The number of rotatable bonds is 9. The number of methoxy groups -OCH3 is 1. The Bertz CT molecular complexity index is 176. The summed E-state index contributed by atoms with van der Waals surface area (Å²) in [4.78, 5) is 12.8. The molecule has 0 fully saturated rings. The molecule has 0 radical (unpaired) electrons. The molecule has 0 saturated heterocycles. The monoisotopic (exact) mass is 218 g/mol. The molecule has 0 aromatic rings. The fourth-order valence-corrected chi connectivity index (χ4v) is 1.33. The lowest BCUT2D eigenvalue weighted by Gasteiger charge is -2.18. The van der Waals surface area contributed by atoms with Gasteiger partial charge >= 0.3 is 5.97 Å². The maximum Gasteiger partial charge on any atom is 0.320 e. The first-order valence-corrected chi connectivity index (χ1v) is 5.19. The molecule has 0 spiro atoms. The largest absolute Gasteiger partial charge is 0.480 e. The molecule has 0 aliphatic heterocycles. The van der Waals surface area contributed by atoms with Crippen LogP contribution in [0.5, 0.6) is 0 Å². The van der Waals surface area contributed by atoms with E-state index in [2.05, 4.69) is 10.2 Å². The highest BCUT2D eigenvalue weighted by Gasteiger charge is 2.14. The van der Waals surface area contributed by atoms with Crippen molar-refractivity contribution in [3.05, 3.63) is 0 Å². The van der Waals surface area contributed by atoms with E-state index in [1.807, 2.05) is 7.05 Å². The van der Waals surface area contributed by atoms with Crippen molar-refractivity contribution in [1.82, 2.24) is 10.2 Å². The van der Waals surface area contributed by atoms with Crippen molar-refractivity contribution in [2.24, 2.45) is 0 Å². The number of carboxylic acids is 1. The summed E-state index contributed by atoms with van der Waals surface area (Å²) in [5.74, 6) is -0.789. The molecule has 0 heterocycles. The number of hydrogen-bond acceptors (Lipinski definition) is 4. The van der Waals surface area contributed by atoms with Crippen molar-refractivity contribution < 1.29 is 14.6 Å². The normalized spacial score (nSPS) is 13.1. The van der Waals surface area contributed by atoms with Gasteiger partial charge in [-0.25, -0.2) is 0 Å². The van der Waals surface area contributed by atoms with Gasteiger partial charge < -0.3 is 20.1 Å². The predicted octanol–water partition coefficient (Wildman–Crippen LogP) is 0.0174. The fourth-order valence-electron chi connectivity index (χ4n) is 1.33. The summed E-state index contributed by atoms with van der Waals surface area (Å²) in [6, 6.07) is -0.449. The molecule has 0 rings (SSSR count). The van der Waals surface area contributed by atoms with E-state index in [-0.39, 0.29) is 0 Å². The van der Waals surface area contributed by atoms with Gasteiger partial charge in [-0.05, 0) is 33.5 Å². The van der Waals surface area contributed by atoms with Crippen LogP contribution in [0.2, 0.25) is 0 Å². The maximum atomic E-state index is 10.7. The van der Waals surface area contributed by atoms with Crippen molar-refractivity contribution in [3.63, 3.8) is 0 Å². The minimum absolute atomic E-state index is 0.449. The molecule has 1 atom stereocenters. The van der Waals surface area contributed by atoms with Gasteiger partial charge in [0.1, 0.15) is 6.04 Å². The number of ether oxygens (including phenoxy) is 1. The number of nitrogens with one attached hydrogen (secondary N) is 1. The lowest BCUT2D eigenvalue weighted by atomic mass is 10.2. The first-order chi connectivity index (χ1) is 7.11. The van der Waals surface area contributed by atoms with Crippen LogP contribution in [-0.4, -0.2) is 62.9 Å². The summed E-state index contributed by atoms with van der Waals surface area (Å²) in [5, 5.41) is 11.6. The van der Waals surface area contributed by atoms with Crippen LogP contribution in [0.1, 0.15) is 12.8 Å². The highest BCUT2D eigenvalue weighted by molar-refractivity contribution is 5.73. The summed E-state index contributed by atoms with van der Waals surface area (Å²) in [6.45, 7) is 2.46. The van der Waals surface area contributed by atoms with Gasteiger partial charge in [-0.2, -0.15) is 0 Å². The third-order valence-corrected chi connectivity index (χ3v) is 2.33. The van der Waals surface area contributed by atoms with Crippen LogP contribution >= 0.6 is 0 Å². The summed E-state index contributed by atoms with van der Waals surface area (Å²) < 4.78 is 4.94. The molecule has 0 bridgehead atoms. The number of carboxylic acid groups (broad SMARTS) is 1. The summed E-state index contributed by atoms with van der Waals surface area (Å²) >= 11 is 0. The summed E-state index contributed by atoms with van der Waals surface area (Å²) in [7, 11) is 5.34. The second-order valence-electron chi connectivity index (χ2n) is 3.62. The zero-order valence-corrected chi connectivity index (χ0v) is 9.82. The molecule has 90 valence electrons. The Morgan fingerprint density at radius 1 is 1.53 bits per heavy atom. The van der Waals surface area contributed by atoms with Crippen LogP contribution in [0.4, 0.5) is 0 Å². The molecule has 5 nitrogen and oxygen atoms in total. The van der Waals surface area contributed by atoms with Gasteiger partial charge in [0, 0.05) is 20.3 Å². The van der Waals surface area contributed by atoms with Gasteiger partial charge in [-0.15, -0.1) is 0 Å². The number of carbonyl (C=O) groups is 1. The Morgan fingerprint density at radius 3 is 2.67 bits per heavy atom. The Kier molecular flexibility index (Phi) is 8.27. The third-order valence-electron chi connectivity index (χ3n) is 2.33. The van der Waals surface area contributed by atoms with Gasteiger partial charge in [-0.3, -0.25) is 4.79 Å². The highest BCUT2D eigenvalue weighted by Crippen LogP contribution is 1.96. The van der Waals surface area contributed by atoms with Gasteiger partial charge in [-0.1, -0.05) is 0 Å². The molecule has 5 heteroatoms. The van der Waals surface area contributed by atoms with E-state index in [9.17, 15) is 4.79 Å². The van der Waals surface area contributed by atoms with Crippen LogP contribution in [-0.2, 0) is 9.53 Å². The summed E-state index contributed by atoms with van der Waals surface area (Å²) in [6.07, 6.45) is 1.60. The third kappa shape index (κ3) is 7.30. The average molecular weight is 218 g/mol. The zero-order valence-electron chi connectivity index (χ0n) is 9.82. The van der Waals surface area contributed by atoms with E-state index in [1.54, 1.807) is 14.2 Å². The van der Waals surface area contributed by atoms with Gasteiger partial charge in [0.15, 0.2) is 0 Å². The second-order valence-corrected chi connectivity index (χ2v) is 3.62. The van der Waals surface area contributed by atoms with Crippen LogP contribution in [0.3, 0.4) is 0 Å². The minimum Gasteiger partial charge on any atom is -0.480 e. The molecule has 0 amide bonds. The molecule has 0 aromatic carbocycles. The van der Waals surface area contributed by atoms with E-state index in [0.717, 1.165) is 26.1 Å². The lowest BCUT2D eigenvalue weighted by molar-refractivity contribution is -0.139. The van der Waals surface area contributed by atoms with E-state index < -0.39 is 12.0 Å². The predicted molar refractivity (Wildman–Crippen MR) is 59.1 cm³/mol. The average Bonchev–Trinajstić information content (AvgIpc) is 2.18. The molecule has 15 heavy (non-hydrogen) atoms. The van der Waals surface area contributed by atoms with Gasteiger partial charge in [0.25, 0.3) is 0 Å². The van der Waals surface area contributed by atoms with Crippen LogP contribution in [0.25, 0.3) is 0 Å². The van der Waals surface area contributed by atoms with Crippen LogP contribution < -0.4 is 5.32 Å².